The highest BCUT2D eigenvalue weighted by Gasteiger charge is 2.23. The van der Waals surface area contributed by atoms with Crippen LogP contribution >= 0.6 is 0 Å². The number of hydrogen-bond acceptors (Lipinski definition) is 4. The first-order valence-electron chi connectivity index (χ1n) is 5.76. The predicted molar refractivity (Wildman–Crippen MR) is 67.2 cm³/mol. The van der Waals surface area contributed by atoms with Gasteiger partial charge in [0.2, 0.25) is 0 Å². The third-order valence-corrected chi connectivity index (χ3v) is 3.15. The molecule has 0 amide bonds. The van der Waals surface area contributed by atoms with Gasteiger partial charge < -0.3 is 10.1 Å². The van der Waals surface area contributed by atoms with Gasteiger partial charge >= 0.3 is 11.7 Å². The third-order valence-electron chi connectivity index (χ3n) is 3.15. The van der Waals surface area contributed by atoms with Crippen LogP contribution in [0.25, 0.3) is 11.2 Å². The molecule has 8 heteroatoms. The van der Waals surface area contributed by atoms with Crippen molar-refractivity contribution in [1.29, 1.82) is 0 Å². The average Bonchev–Trinajstić information content (AvgIpc) is 2.79. The van der Waals surface area contributed by atoms with E-state index in [1.807, 2.05) is 0 Å². The number of aromatic amines is 1. The molecule has 1 atom stereocenters. The lowest BCUT2D eigenvalue weighted by Crippen LogP contribution is -2.36. The molecule has 0 aliphatic rings. The molecule has 2 aromatic rings. The lowest BCUT2D eigenvalue weighted by Gasteiger charge is -2.04. The number of aliphatic carboxylic acids is 1. The maximum Gasteiger partial charge on any atom is 0.332 e. The predicted octanol–water partition coefficient (Wildman–Crippen LogP) is -0.461. The van der Waals surface area contributed by atoms with Gasteiger partial charge in [0.25, 0.3) is 5.56 Å². The van der Waals surface area contributed by atoms with E-state index >= 15 is 0 Å². The molecule has 2 N–H and O–H groups in total. The number of carboxylic acid groups (broad SMARTS) is 1. The molecule has 1 unspecified atom stereocenters. The van der Waals surface area contributed by atoms with Gasteiger partial charge in [-0.05, 0) is 6.42 Å². The summed E-state index contributed by atoms with van der Waals surface area (Å²) < 4.78 is 2.16. The molecule has 0 aliphatic heterocycles. The summed E-state index contributed by atoms with van der Waals surface area (Å²) in [6.45, 7) is 1.71. The van der Waals surface area contributed by atoms with Crippen molar-refractivity contribution in [2.75, 3.05) is 0 Å². The van der Waals surface area contributed by atoms with Crippen molar-refractivity contribution in [2.24, 2.45) is 14.1 Å². The van der Waals surface area contributed by atoms with Crippen molar-refractivity contribution >= 4 is 17.1 Å². The number of H-pyrrole nitrogens is 1. The second-order valence-corrected chi connectivity index (χ2v) is 4.33. The number of imidazole rings is 1. The second-order valence-electron chi connectivity index (χ2n) is 4.33. The maximum atomic E-state index is 11.9. The largest absolute Gasteiger partial charge is 0.481 e. The number of aromatic nitrogens is 4. The molecule has 19 heavy (non-hydrogen) atoms. The molecule has 0 fully saturated rings. The van der Waals surface area contributed by atoms with Crippen molar-refractivity contribution in [1.82, 2.24) is 19.1 Å². The van der Waals surface area contributed by atoms with E-state index in [1.165, 1.54) is 18.7 Å². The number of nitrogens with one attached hydrogen (secondary N) is 1. The number of carbonyl (C=O) groups is 1. The number of carboxylic acids is 1. The fourth-order valence-electron chi connectivity index (χ4n) is 1.99. The van der Waals surface area contributed by atoms with Gasteiger partial charge in [-0.25, -0.2) is 9.78 Å². The van der Waals surface area contributed by atoms with Crippen LogP contribution in [0.5, 0.6) is 0 Å². The summed E-state index contributed by atoms with van der Waals surface area (Å²) in [7, 11) is 2.84. The van der Waals surface area contributed by atoms with Gasteiger partial charge in [0, 0.05) is 14.1 Å². The SMILES string of the molecule is CCC(C(=O)O)c1nc2c([nH]1)c(=O)n(C)c(=O)n2C. The van der Waals surface area contributed by atoms with Gasteiger partial charge in [0.15, 0.2) is 5.65 Å². The van der Waals surface area contributed by atoms with Crippen LogP contribution in [-0.4, -0.2) is 30.2 Å². The van der Waals surface area contributed by atoms with Crippen LogP contribution < -0.4 is 11.2 Å². The lowest BCUT2D eigenvalue weighted by molar-refractivity contribution is -0.139. The molecular formula is C11H14N4O4. The van der Waals surface area contributed by atoms with Crippen LogP contribution in [-0.2, 0) is 18.9 Å². The summed E-state index contributed by atoms with van der Waals surface area (Å²) in [5, 5.41) is 9.09. The molecule has 0 bridgehead atoms. The number of nitrogens with zero attached hydrogens (tertiary/aromatic N) is 3. The first-order valence-corrected chi connectivity index (χ1v) is 5.76. The lowest BCUT2D eigenvalue weighted by atomic mass is 10.1. The topological polar surface area (TPSA) is 110 Å². The van der Waals surface area contributed by atoms with Crippen LogP contribution in [0.2, 0.25) is 0 Å². The van der Waals surface area contributed by atoms with Crippen LogP contribution in [0.1, 0.15) is 25.1 Å². The Balaban J connectivity index is 2.81. The Hall–Kier alpha value is -2.38. The molecule has 0 aromatic carbocycles. The second kappa shape index (κ2) is 4.38. The van der Waals surface area contributed by atoms with Gasteiger partial charge in [-0.3, -0.25) is 18.7 Å². The molecule has 102 valence electrons. The summed E-state index contributed by atoms with van der Waals surface area (Å²) in [5.74, 6) is -1.67. The van der Waals surface area contributed by atoms with Crippen molar-refractivity contribution in [2.45, 2.75) is 19.3 Å². The van der Waals surface area contributed by atoms with Gasteiger partial charge in [-0.15, -0.1) is 0 Å². The van der Waals surface area contributed by atoms with Crippen molar-refractivity contribution < 1.29 is 9.90 Å². The molecule has 0 radical (unpaired) electrons. The van der Waals surface area contributed by atoms with E-state index in [0.717, 1.165) is 4.57 Å². The van der Waals surface area contributed by atoms with Crippen LogP contribution in [0, 0.1) is 0 Å². The summed E-state index contributed by atoms with van der Waals surface area (Å²) in [4.78, 5) is 41.6. The van der Waals surface area contributed by atoms with Crippen LogP contribution in [0.3, 0.4) is 0 Å². The highest BCUT2D eigenvalue weighted by molar-refractivity contribution is 5.77. The first kappa shape index (κ1) is 13.1. The summed E-state index contributed by atoms with van der Waals surface area (Å²) >= 11 is 0. The monoisotopic (exact) mass is 266 g/mol. The Morgan fingerprint density at radius 3 is 2.53 bits per heavy atom. The zero-order valence-corrected chi connectivity index (χ0v) is 10.8. The average molecular weight is 266 g/mol. The molecule has 2 aromatic heterocycles. The van der Waals surface area contributed by atoms with Gasteiger partial charge in [-0.2, -0.15) is 0 Å². The summed E-state index contributed by atoms with van der Waals surface area (Å²) in [5.41, 5.74) is -0.710. The Morgan fingerprint density at radius 2 is 2.00 bits per heavy atom. The Kier molecular flexibility index (Phi) is 3.01. The summed E-state index contributed by atoms with van der Waals surface area (Å²) in [6.07, 6.45) is 0.337. The van der Waals surface area contributed by atoms with E-state index in [4.69, 9.17) is 5.11 Å². The zero-order valence-electron chi connectivity index (χ0n) is 10.8. The third kappa shape index (κ3) is 1.85. The smallest absolute Gasteiger partial charge is 0.332 e. The molecule has 2 rings (SSSR count). The minimum Gasteiger partial charge on any atom is -0.481 e. The number of aryl methyl sites for hydroxylation is 1. The molecule has 0 saturated heterocycles. The molecular weight excluding hydrogens is 252 g/mol. The van der Waals surface area contributed by atoms with Gasteiger partial charge in [-0.1, -0.05) is 6.92 Å². The molecule has 0 aliphatic carbocycles. The zero-order chi connectivity index (χ0) is 14.3. The molecule has 8 nitrogen and oxygen atoms in total. The number of fused-ring (bicyclic) bond motifs is 1. The Labute approximate surface area is 107 Å². The maximum absolute atomic E-state index is 11.9. The minimum absolute atomic E-state index is 0.138. The standard InChI is InChI=1S/C11H14N4O4/c1-4-5(10(17)18)7-12-6-8(13-7)14(2)11(19)15(3)9(6)16/h5H,4H2,1-3H3,(H,12,13)(H,17,18). The van der Waals surface area contributed by atoms with Crippen molar-refractivity contribution in [3.8, 4) is 0 Å². The quantitative estimate of drug-likeness (QED) is 0.781. The van der Waals surface area contributed by atoms with E-state index in [-0.39, 0.29) is 17.0 Å². The van der Waals surface area contributed by atoms with Crippen molar-refractivity contribution in [3.05, 3.63) is 26.7 Å². The van der Waals surface area contributed by atoms with E-state index in [1.54, 1.807) is 6.92 Å². The molecule has 0 spiro atoms. The van der Waals surface area contributed by atoms with Crippen LogP contribution in [0.4, 0.5) is 0 Å². The highest BCUT2D eigenvalue weighted by Crippen LogP contribution is 2.18. The van der Waals surface area contributed by atoms with Gasteiger partial charge in [0.05, 0.1) is 0 Å². The van der Waals surface area contributed by atoms with E-state index in [0.29, 0.717) is 6.42 Å². The minimum atomic E-state index is -1.02. The molecule has 0 saturated carbocycles. The fourth-order valence-corrected chi connectivity index (χ4v) is 1.99. The highest BCUT2D eigenvalue weighted by atomic mass is 16.4. The molecule has 2 heterocycles. The number of rotatable bonds is 3. The van der Waals surface area contributed by atoms with Crippen LogP contribution in [0.15, 0.2) is 9.59 Å². The van der Waals surface area contributed by atoms with Gasteiger partial charge in [0.1, 0.15) is 17.3 Å². The Bertz CT molecular complexity index is 767. The van der Waals surface area contributed by atoms with E-state index in [9.17, 15) is 14.4 Å². The number of hydrogen-bond donors (Lipinski definition) is 2. The summed E-state index contributed by atoms with van der Waals surface area (Å²) in [6, 6.07) is 0. The van der Waals surface area contributed by atoms with E-state index in [2.05, 4.69) is 9.97 Å². The first-order chi connectivity index (χ1) is 8.88. The van der Waals surface area contributed by atoms with Crippen molar-refractivity contribution in [3.63, 3.8) is 0 Å². The Morgan fingerprint density at radius 1 is 1.37 bits per heavy atom. The fraction of sp³-hybridized carbons (Fsp3) is 0.455. The van der Waals surface area contributed by atoms with E-state index < -0.39 is 23.1 Å². The normalized spacial score (nSPS) is 12.8.